The lowest BCUT2D eigenvalue weighted by molar-refractivity contribution is -0.141. The molecule has 1 rings (SSSR count). The molecule has 0 aliphatic carbocycles. The first kappa shape index (κ1) is 10.0. The van der Waals surface area contributed by atoms with Crippen molar-refractivity contribution >= 4 is 11.8 Å². The van der Waals surface area contributed by atoms with Crippen LogP contribution in [0.4, 0.5) is 0 Å². The molecule has 1 heterocycles. The Morgan fingerprint density at radius 3 is 2.23 bits per heavy atom. The van der Waals surface area contributed by atoms with E-state index in [2.05, 4.69) is 0 Å². The lowest BCUT2D eigenvalue weighted by atomic mass is 9.87. The third-order valence-corrected chi connectivity index (χ3v) is 2.47. The molecule has 0 aromatic heterocycles. The summed E-state index contributed by atoms with van der Waals surface area (Å²) in [6.07, 6.45) is 1.30. The van der Waals surface area contributed by atoms with Gasteiger partial charge in [0.2, 0.25) is 11.8 Å². The predicted octanol–water partition coefficient (Wildman–Crippen LogP) is 0.120. The number of hydrogen-bond acceptors (Lipinski definition) is 2. The standard InChI is InChI=1S/C9H16N2O2/c1-9(2,8(10)13)6-7(12)11-4-3-5-11/h3-6H2,1-2H3,(H2,10,13). The number of hydrogen-bond donors (Lipinski definition) is 1. The molecule has 13 heavy (non-hydrogen) atoms. The van der Waals surface area contributed by atoms with Gasteiger partial charge in [0.05, 0.1) is 5.41 Å². The van der Waals surface area contributed by atoms with Crippen LogP contribution in [0, 0.1) is 5.41 Å². The van der Waals surface area contributed by atoms with Crippen molar-refractivity contribution in [2.75, 3.05) is 13.1 Å². The summed E-state index contributed by atoms with van der Waals surface area (Å²) in [4.78, 5) is 24.2. The molecule has 0 bridgehead atoms. The molecule has 2 amide bonds. The van der Waals surface area contributed by atoms with E-state index in [1.165, 1.54) is 0 Å². The van der Waals surface area contributed by atoms with Gasteiger partial charge in [-0.3, -0.25) is 9.59 Å². The van der Waals surface area contributed by atoms with Crippen LogP contribution in [0.3, 0.4) is 0 Å². The van der Waals surface area contributed by atoms with E-state index in [-0.39, 0.29) is 12.3 Å². The number of nitrogens with two attached hydrogens (primary N) is 1. The number of rotatable bonds is 3. The van der Waals surface area contributed by atoms with Crippen molar-refractivity contribution in [2.45, 2.75) is 26.7 Å². The lowest BCUT2D eigenvalue weighted by Gasteiger charge is -2.33. The molecular formula is C9H16N2O2. The minimum Gasteiger partial charge on any atom is -0.369 e. The molecule has 4 heteroatoms. The minimum atomic E-state index is -0.716. The molecule has 0 aromatic carbocycles. The molecule has 0 aromatic rings. The normalized spacial score (nSPS) is 16.6. The van der Waals surface area contributed by atoms with Gasteiger partial charge < -0.3 is 10.6 Å². The van der Waals surface area contributed by atoms with Gasteiger partial charge in [-0.2, -0.15) is 0 Å². The van der Waals surface area contributed by atoms with E-state index in [0.717, 1.165) is 19.5 Å². The van der Waals surface area contributed by atoms with Crippen molar-refractivity contribution in [2.24, 2.45) is 11.1 Å². The van der Waals surface area contributed by atoms with Crippen molar-refractivity contribution in [3.05, 3.63) is 0 Å². The highest BCUT2D eigenvalue weighted by molar-refractivity contribution is 5.87. The summed E-state index contributed by atoms with van der Waals surface area (Å²) >= 11 is 0. The van der Waals surface area contributed by atoms with Gasteiger partial charge in [0.1, 0.15) is 0 Å². The highest BCUT2D eigenvalue weighted by Crippen LogP contribution is 2.22. The van der Waals surface area contributed by atoms with Crippen LogP contribution < -0.4 is 5.73 Å². The first-order valence-corrected chi connectivity index (χ1v) is 4.51. The highest BCUT2D eigenvalue weighted by atomic mass is 16.2. The Balaban J connectivity index is 2.46. The van der Waals surface area contributed by atoms with Crippen LogP contribution in [0.25, 0.3) is 0 Å². The van der Waals surface area contributed by atoms with E-state index in [1.54, 1.807) is 18.7 Å². The number of carbonyl (C=O) groups is 2. The van der Waals surface area contributed by atoms with Crippen LogP contribution in [0.5, 0.6) is 0 Å². The SMILES string of the molecule is CC(C)(CC(=O)N1CCC1)C(N)=O. The fourth-order valence-corrected chi connectivity index (χ4v) is 1.14. The molecule has 2 N–H and O–H groups in total. The van der Waals surface area contributed by atoms with Crippen molar-refractivity contribution in [3.8, 4) is 0 Å². The Morgan fingerprint density at radius 2 is 1.92 bits per heavy atom. The summed E-state index contributed by atoms with van der Waals surface area (Å²) < 4.78 is 0. The molecule has 1 saturated heterocycles. The van der Waals surface area contributed by atoms with Crippen LogP contribution in [0.15, 0.2) is 0 Å². The zero-order valence-electron chi connectivity index (χ0n) is 8.17. The third kappa shape index (κ3) is 2.20. The fraction of sp³-hybridized carbons (Fsp3) is 0.778. The average molecular weight is 184 g/mol. The largest absolute Gasteiger partial charge is 0.369 e. The van der Waals surface area contributed by atoms with Gasteiger partial charge in [0.25, 0.3) is 0 Å². The van der Waals surface area contributed by atoms with Crippen LogP contribution >= 0.6 is 0 Å². The maximum absolute atomic E-state index is 11.5. The smallest absolute Gasteiger partial charge is 0.223 e. The number of amides is 2. The Hall–Kier alpha value is -1.06. The minimum absolute atomic E-state index is 0.0371. The summed E-state index contributed by atoms with van der Waals surface area (Å²) in [6, 6.07) is 0. The van der Waals surface area contributed by atoms with Gasteiger partial charge in [-0.1, -0.05) is 13.8 Å². The van der Waals surface area contributed by atoms with Gasteiger partial charge in [0.15, 0.2) is 0 Å². The van der Waals surface area contributed by atoms with E-state index in [9.17, 15) is 9.59 Å². The Kier molecular flexibility index (Phi) is 2.59. The molecule has 0 atom stereocenters. The van der Waals surface area contributed by atoms with Crippen LogP contribution in [0.2, 0.25) is 0 Å². The maximum Gasteiger partial charge on any atom is 0.223 e. The molecule has 1 fully saturated rings. The second-order valence-corrected chi connectivity index (χ2v) is 4.16. The lowest BCUT2D eigenvalue weighted by Crippen LogP contribution is -2.45. The van der Waals surface area contributed by atoms with Crippen LogP contribution in [-0.2, 0) is 9.59 Å². The molecule has 0 unspecified atom stereocenters. The second-order valence-electron chi connectivity index (χ2n) is 4.16. The first-order chi connectivity index (χ1) is 5.93. The molecule has 1 aliphatic heterocycles. The molecule has 4 nitrogen and oxygen atoms in total. The molecule has 74 valence electrons. The fourth-order valence-electron chi connectivity index (χ4n) is 1.14. The number of likely N-dealkylation sites (tertiary alicyclic amines) is 1. The Morgan fingerprint density at radius 1 is 1.38 bits per heavy atom. The zero-order valence-corrected chi connectivity index (χ0v) is 8.17. The van der Waals surface area contributed by atoms with E-state index in [4.69, 9.17) is 5.73 Å². The van der Waals surface area contributed by atoms with Gasteiger partial charge in [-0.15, -0.1) is 0 Å². The summed E-state index contributed by atoms with van der Waals surface area (Å²) in [5, 5.41) is 0. The van der Waals surface area contributed by atoms with Crippen molar-refractivity contribution in [1.82, 2.24) is 4.90 Å². The van der Waals surface area contributed by atoms with Gasteiger partial charge in [0, 0.05) is 19.5 Å². The first-order valence-electron chi connectivity index (χ1n) is 4.51. The van der Waals surface area contributed by atoms with Gasteiger partial charge in [-0.05, 0) is 6.42 Å². The van der Waals surface area contributed by atoms with E-state index < -0.39 is 11.3 Å². The Bertz CT molecular complexity index is 232. The van der Waals surface area contributed by atoms with Gasteiger partial charge >= 0.3 is 0 Å². The maximum atomic E-state index is 11.5. The Labute approximate surface area is 78.1 Å². The summed E-state index contributed by atoms with van der Waals surface area (Å²) in [6.45, 7) is 5.06. The zero-order chi connectivity index (χ0) is 10.1. The quantitative estimate of drug-likeness (QED) is 0.677. The highest BCUT2D eigenvalue weighted by Gasteiger charge is 2.31. The molecule has 0 spiro atoms. The van der Waals surface area contributed by atoms with Crippen molar-refractivity contribution in [3.63, 3.8) is 0 Å². The molecule has 0 radical (unpaired) electrons. The number of carbonyl (C=O) groups excluding carboxylic acids is 2. The van der Waals surface area contributed by atoms with Crippen molar-refractivity contribution in [1.29, 1.82) is 0 Å². The number of primary amides is 1. The van der Waals surface area contributed by atoms with E-state index >= 15 is 0 Å². The van der Waals surface area contributed by atoms with Gasteiger partial charge in [-0.25, -0.2) is 0 Å². The summed E-state index contributed by atoms with van der Waals surface area (Å²) in [5.74, 6) is -0.378. The number of nitrogens with zero attached hydrogens (tertiary/aromatic N) is 1. The van der Waals surface area contributed by atoms with E-state index in [1.807, 2.05) is 0 Å². The topological polar surface area (TPSA) is 63.4 Å². The van der Waals surface area contributed by atoms with E-state index in [0.29, 0.717) is 0 Å². The summed E-state index contributed by atoms with van der Waals surface area (Å²) in [5.41, 5.74) is 4.45. The van der Waals surface area contributed by atoms with Crippen LogP contribution in [-0.4, -0.2) is 29.8 Å². The second kappa shape index (κ2) is 3.36. The summed E-state index contributed by atoms with van der Waals surface area (Å²) in [7, 11) is 0. The molecular weight excluding hydrogens is 168 g/mol. The molecule has 0 saturated carbocycles. The monoisotopic (exact) mass is 184 g/mol. The average Bonchev–Trinajstić information content (AvgIpc) is 1.80. The van der Waals surface area contributed by atoms with Crippen LogP contribution in [0.1, 0.15) is 26.7 Å². The van der Waals surface area contributed by atoms with Crippen molar-refractivity contribution < 1.29 is 9.59 Å². The predicted molar refractivity (Wildman–Crippen MR) is 48.8 cm³/mol. The third-order valence-electron chi connectivity index (χ3n) is 2.47. The molecule has 1 aliphatic rings.